The molecule has 114 valence electrons. The summed E-state index contributed by atoms with van der Waals surface area (Å²) in [7, 11) is 1.71. The molecule has 0 spiro atoms. The minimum absolute atomic E-state index is 0.158. The van der Waals surface area contributed by atoms with Crippen molar-refractivity contribution in [2.24, 2.45) is 5.92 Å². The second-order valence-corrected chi connectivity index (χ2v) is 6.08. The predicted molar refractivity (Wildman–Crippen MR) is 87.2 cm³/mol. The van der Waals surface area contributed by atoms with Gasteiger partial charge in [-0.15, -0.1) is 0 Å². The van der Waals surface area contributed by atoms with Gasteiger partial charge in [0.2, 0.25) is 0 Å². The smallest absolute Gasteiger partial charge is 0.119 e. The van der Waals surface area contributed by atoms with Crippen molar-refractivity contribution in [1.29, 1.82) is 0 Å². The first-order valence-corrected chi connectivity index (χ1v) is 7.98. The van der Waals surface area contributed by atoms with Crippen molar-refractivity contribution in [3.05, 3.63) is 59.7 Å². The van der Waals surface area contributed by atoms with Gasteiger partial charge in [0.15, 0.2) is 0 Å². The molecular weight excluding hydrogens is 274 g/mol. The Hall–Kier alpha value is -2.00. The zero-order chi connectivity index (χ0) is 14.9. The van der Waals surface area contributed by atoms with Gasteiger partial charge in [0.25, 0.3) is 0 Å². The molecular formula is C19H21NO2. The number of methoxy groups -OCH3 is 1. The molecule has 22 heavy (non-hydrogen) atoms. The van der Waals surface area contributed by atoms with Crippen LogP contribution in [0.2, 0.25) is 0 Å². The van der Waals surface area contributed by atoms with Gasteiger partial charge in [-0.3, -0.25) is 0 Å². The van der Waals surface area contributed by atoms with Crippen LogP contribution >= 0.6 is 0 Å². The lowest BCUT2D eigenvalue weighted by Gasteiger charge is -2.43. The number of benzene rings is 2. The third kappa shape index (κ3) is 2.26. The largest absolute Gasteiger partial charge is 0.497 e. The van der Waals surface area contributed by atoms with Crippen molar-refractivity contribution in [2.75, 3.05) is 19.0 Å². The SMILES string of the molecule is COc1ccc2c(c1)[C@@H]1OCCC[C@@H]1[C@H](c1ccccc1)N2. The van der Waals surface area contributed by atoms with Gasteiger partial charge in [-0.2, -0.15) is 0 Å². The Morgan fingerprint density at radius 1 is 1.14 bits per heavy atom. The average Bonchev–Trinajstić information content (AvgIpc) is 2.61. The van der Waals surface area contributed by atoms with Gasteiger partial charge in [0, 0.05) is 23.8 Å². The lowest BCUT2D eigenvalue weighted by atomic mass is 9.77. The van der Waals surface area contributed by atoms with Crippen LogP contribution in [-0.4, -0.2) is 13.7 Å². The van der Waals surface area contributed by atoms with Crippen molar-refractivity contribution in [3.63, 3.8) is 0 Å². The van der Waals surface area contributed by atoms with Crippen molar-refractivity contribution >= 4 is 5.69 Å². The number of nitrogens with one attached hydrogen (secondary N) is 1. The van der Waals surface area contributed by atoms with Gasteiger partial charge < -0.3 is 14.8 Å². The van der Waals surface area contributed by atoms with Crippen LogP contribution in [0.15, 0.2) is 48.5 Å². The Morgan fingerprint density at radius 3 is 2.82 bits per heavy atom. The van der Waals surface area contributed by atoms with E-state index in [-0.39, 0.29) is 6.10 Å². The summed E-state index contributed by atoms with van der Waals surface area (Å²) >= 11 is 0. The van der Waals surface area contributed by atoms with Gasteiger partial charge in [-0.05, 0) is 36.6 Å². The highest BCUT2D eigenvalue weighted by atomic mass is 16.5. The van der Waals surface area contributed by atoms with E-state index >= 15 is 0 Å². The molecule has 2 aromatic carbocycles. The highest BCUT2D eigenvalue weighted by Gasteiger charge is 2.39. The molecule has 0 aliphatic carbocycles. The lowest BCUT2D eigenvalue weighted by molar-refractivity contribution is -0.0382. The predicted octanol–water partition coefficient (Wildman–Crippen LogP) is 4.33. The quantitative estimate of drug-likeness (QED) is 0.894. The Labute approximate surface area is 131 Å². The van der Waals surface area contributed by atoms with Gasteiger partial charge >= 0.3 is 0 Å². The van der Waals surface area contributed by atoms with E-state index in [1.54, 1.807) is 7.11 Å². The third-order valence-corrected chi connectivity index (χ3v) is 4.83. The Balaban J connectivity index is 1.77. The highest BCUT2D eigenvalue weighted by Crippen LogP contribution is 2.49. The molecule has 3 nitrogen and oxygen atoms in total. The van der Waals surface area contributed by atoms with E-state index in [2.05, 4.69) is 47.8 Å². The fraction of sp³-hybridized carbons (Fsp3) is 0.368. The molecule has 2 aliphatic rings. The fourth-order valence-corrected chi connectivity index (χ4v) is 3.77. The maximum Gasteiger partial charge on any atom is 0.119 e. The van der Waals surface area contributed by atoms with E-state index in [9.17, 15) is 0 Å². The van der Waals surface area contributed by atoms with Gasteiger partial charge in [0.1, 0.15) is 5.75 Å². The van der Waals surface area contributed by atoms with Gasteiger partial charge in [-0.1, -0.05) is 30.3 Å². The number of hydrogen-bond donors (Lipinski definition) is 1. The number of rotatable bonds is 2. The lowest BCUT2D eigenvalue weighted by Crippen LogP contribution is -2.35. The molecule has 3 atom stereocenters. The molecule has 0 bridgehead atoms. The summed E-state index contributed by atoms with van der Waals surface area (Å²) in [6, 6.07) is 17.3. The molecule has 2 aliphatic heterocycles. The molecule has 1 fully saturated rings. The molecule has 0 radical (unpaired) electrons. The molecule has 0 amide bonds. The first kappa shape index (κ1) is 13.6. The molecule has 4 rings (SSSR count). The maximum absolute atomic E-state index is 6.16. The molecule has 0 unspecified atom stereocenters. The minimum atomic E-state index is 0.158. The zero-order valence-electron chi connectivity index (χ0n) is 12.8. The van der Waals surface area contributed by atoms with E-state index in [1.807, 2.05) is 6.07 Å². The van der Waals surface area contributed by atoms with E-state index in [0.717, 1.165) is 24.5 Å². The molecule has 1 N–H and O–H groups in total. The van der Waals surface area contributed by atoms with E-state index in [0.29, 0.717) is 12.0 Å². The van der Waals surface area contributed by atoms with Crippen molar-refractivity contribution in [3.8, 4) is 5.75 Å². The average molecular weight is 295 g/mol. The summed E-state index contributed by atoms with van der Waals surface area (Å²) in [5.41, 5.74) is 3.73. The fourth-order valence-electron chi connectivity index (χ4n) is 3.77. The zero-order valence-corrected chi connectivity index (χ0v) is 12.8. The standard InChI is InChI=1S/C19H21NO2/c1-21-14-9-10-17-16(12-14)19-15(8-5-11-22-19)18(20-17)13-6-3-2-4-7-13/h2-4,6-7,9-10,12,15,18-20H,5,8,11H2,1H3/t15-,18+,19-/m1/s1. The Bertz CT molecular complexity index is 656. The second-order valence-electron chi connectivity index (χ2n) is 6.08. The third-order valence-electron chi connectivity index (χ3n) is 4.83. The number of hydrogen-bond acceptors (Lipinski definition) is 3. The first-order chi connectivity index (χ1) is 10.9. The summed E-state index contributed by atoms with van der Waals surface area (Å²) in [4.78, 5) is 0. The minimum Gasteiger partial charge on any atom is -0.497 e. The van der Waals surface area contributed by atoms with E-state index in [4.69, 9.17) is 9.47 Å². The van der Waals surface area contributed by atoms with Crippen molar-refractivity contribution in [2.45, 2.75) is 25.0 Å². The van der Waals surface area contributed by atoms with Crippen molar-refractivity contribution in [1.82, 2.24) is 0 Å². The molecule has 2 heterocycles. The second kappa shape index (κ2) is 5.65. The molecule has 0 aromatic heterocycles. The van der Waals surface area contributed by atoms with Crippen LogP contribution in [0.5, 0.6) is 5.75 Å². The normalized spacial score (nSPS) is 26.5. The molecule has 0 saturated carbocycles. The Kier molecular flexibility index (Phi) is 3.51. The summed E-state index contributed by atoms with van der Waals surface area (Å²) < 4.78 is 11.6. The van der Waals surface area contributed by atoms with E-state index in [1.165, 1.54) is 17.5 Å². The first-order valence-electron chi connectivity index (χ1n) is 7.98. The van der Waals surface area contributed by atoms with Crippen LogP contribution in [0.4, 0.5) is 5.69 Å². The maximum atomic E-state index is 6.16. The molecule has 1 saturated heterocycles. The Morgan fingerprint density at radius 2 is 2.00 bits per heavy atom. The summed E-state index contributed by atoms with van der Waals surface area (Å²) in [6.45, 7) is 0.847. The van der Waals surface area contributed by atoms with E-state index < -0.39 is 0 Å². The molecule has 3 heteroatoms. The monoisotopic (exact) mass is 295 g/mol. The van der Waals surface area contributed by atoms with Crippen molar-refractivity contribution < 1.29 is 9.47 Å². The van der Waals surface area contributed by atoms with Crippen LogP contribution in [0.1, 0.15) is 36.1 Å². The number of ether oxygens (including phenoxy) is 2. The topological polar surface area (TPSA) is 30.5 Å². The number of fused-ring (bicyclic) bond motifs is 3. The van der Waals surface area contributed by atoms with Crippen LogP contribution in [-0.2, 0) is 4.74 Å². The van der Waals surface area contributed by atoms with Gasteiger partial charge in [0.05, 0.1) is 19.3 Å². The van der Waals surface area contributed by atoms with Crippen LogP contribution in [0, 0.1) is 5.92 Å². The summed E-state index contributed by atoms with van der Waals surface area (Å²) in [5.74, 6) is 1.36. The molecule has 2 aromatic rings. The highest BCUT2D eigenvalue weighted by molar-refractivity contribution is 5.59. The van der Waals surface area contributed by atoms with Crippen LogP contribution in [0.25, 0.3) is 0 Å². The summed E-state index contributed by atoms with van der Waals surface area (Å²) in [6.07, 6.45) is 2.48. The van der Waals surface area contributed by atoms with Gasteiger partial charge in [-0.25, -0.2) is 0 Å². The number of anilines is 1. The van der Waals surface area contributed by atoms with Crippen LogP contribution in [0.3, 0.4) is 0 Å². The van der Waals surface area contributed by atoms with Crippen LogP contribution < -0.4 is 10.1 Å². The summed E-state index contributed by atoms with van der Waals surface area (Å²) in [5, 5.41) is 3.73.